The summed E-state index contributed by atoms with van der Waals surface area (Å²) in [6.07, 6.45) is -0.954. The molecule has 0 aliphatic heterocycles. The van der Waals surface area contributed by atoms with Gasteiger partial charge in [0.2, 0.25) is 0 Å². The Morgan fingerprint density at radius 2 is 1.85 bits per heavy atom. The van der Waals surface area contributed by atoms with Crippen LogP contribution in [0.4, 0.5) is 0 Å². The van der Waals surface area contributed by atoms with Crippen molar-refractivity contribution in [1.29, 1.82) is 0 Å². The molecule has 0 heterocycles. The van der Waals surface area contributed by atoms with Gasteiger partial charge in [-0.05, 0) is 6.92 Å². The van der Waals surface area contributed by atoms with Gasteiger partial charge in [-0.25, -0.2) is 4.79 Å². The van der Waals surface area contributed by atoms with E-state index in [1.54, 1.807) is 6.92 Å². The minimum Gasteiger partial charge on any atom is -0.466 e. The van der Waals surface area contributed by atoms with Gasteiger partial charge in [-0.15, -0.1) is 0 Å². The van der Waals surface area contributed by atoms with Crippen molar-refractivity contribution >= 4 is 5.97 Å². The molecule has 5 nitrogen and oxygen atoms in total. The maximum Gasteiger partial charge on any atom is 0.332 e. The van der Waals surface area contributed by atoms with Crippen LogP contribution in [0.1, 0.15) is 6.92 Å². The highest BCUT2D eigenvalue weighted by Crippen LogP contribution is 1.87. The van der Waals surface area contributed by atoms with Gasteiger partial charge in [-0.3, -0.25) is 0 Å². The van der Waals surface area contributed by atoms with Crippen molar-refractivity contribution < 1.29 is 24.9 Å². The number of methoxy groups -OCH3 is 1. The summed E-state index contributed by atoms with van der Waals surface area (Å²) >= 11 is 0. The molecule has 0 aromatic carbocycles. The number of esters is 1. The van der Waals surface area contributed by atoms with Crippen molar-refractivity contribution in [2.45, 2.75) is 13.0 Å². The van der Waals surface area contributed by atoms with E-state index in [4.69, 9.17) is 15.3 Å². The number of hydrogen-bond acceptors (Lipinski definition) is 5. The lowest BCUT2D eigenvalue weighted by Gasteiger charge is -1.96. The maximum absolute atomic E-state index is 10.2. The Labute approximate surface area is 77.3 Å². The second-order valence-corrected chi connectivity index (χ2v) is 2.29. The van der Waals surface area contributed by atoms with E-state index in [2.05, 4.69) is 11.3 Å². The first-order valence-electron chi connectivity index (χ1n) is 3.63. The summed E-state index contributed by atoms with van der Waals surface area (Å²) in [5.41, 5.74) is 0.433. The Morgan fingerprint density at radius 3 is 1.85 bits per heavy atom. The molecule has 5 heteroatoms. The Hall–Kier alpha value is -0.910. The van der Waals surface area contributed by atoms with Crippen LogP contribution in [-0.4, -0.2) is 47.7 Å². The van der Waals surface area contributed by atoms with E-state index in [9.17, 15) is 4.79 Å². The zero-order valence-corrected chi connectivity index (χ0v) is 7.86. The molecule has 0 aliphatic rings. The van der Waals surface area contributed by atoms with Gasteiger partial charge in [0.05, 0.1) is 20.3 Å². The van der Waals surface area contributed by atoms with E-state index in [0.717, 1.165) is 0 Å². The molecule has 3 N–H and O–H groups in total. The lowest BCUT2D eigenvalue weighted by Crippen LogP contribution is -2.15. The number of ether oxygens (including phenoxy) is 1. The SMILES string of the molecule is C=C(C)C(=O)OC.OCC(O)CO. The molecule has 0 amide bonds. The molecule has 0 aromatic rings. The Morgan fingerprint density at radius 1 is 1.46 bits per heavy atom. The first kappa shape index (κ1) is 14.6. The van der Waals surface area contributed by atoms with Crippen LogP contribution in [0.5, 0.6) is 0 Å². The van der Waals surface area contributed by atoms with Crippen molar-refractivity contribution in [3.05, 3.63) is 12.2 Å². The zero-order valence-electron chi connectivity index (χ0n) is 7.86. The zero-order chi connectivity index (χ0) is 10.9. The molecule has 78 valence electrons. The first-order chi connectivity index (χ1) is 5.99. The molecule has 0 saturated carbocycles. The van der Waals surface area contributed by atoms with E-state index in [1.807, 2.05) is 0 Å². The molecule has 0 aliphatic carbocycles. The van der Waals surface area contributed by atoms with E-state index in [1.165, 1.54) is 7.11 Å². The summed E-state index contributed by atoms with van der Waals surface area (Å²) in [4.78, 5) is 10.2. The van der Waals surface area contributed by atoms with Crippen LogP contribution in [0.2, 0.25) is 0 Å². The molecule has 0 rings (SSSR count). The number of aliphatic hydroxyl groups is 3. The third-order valence-corrected chi connectivity index (χ3v) is 0.955. The monoisotopic (exact) mass is 192 g/mol. The smallest absolute Gasteiger partial charge is 0.332 e. The van der Waals surface area contributed by atoms with Crippen LogP contribution < -0.4 is 0 Å². The summed E-state index contributed by atoms with van der Waals surface area (Å²) in [7, 11) is 1.33. The fourth-order valence-corrected chi connectivity index (χ4v) is 0.232. The summed E-state index contributed by atoms with van der Waals surface area (Å²) in [6, 6.07) is 0. The van der Waals surface area contributed by atoms with E-state index < -0.39 is 6.10 Å². The van der Waals surface area contributed by atoms with Crippen molar-refractivity contribution in [2.75, 3.05) is 20.3 Å². The minimum atomic E-state index is -0.954. The topological polar surface area (TPSA) is 87.0 Å². The predicted octanol–water partition coefficient (Wildman–Crippen LogP) is -0.933. The van der Waals surface area contributed by atoms with Crippen molar-refractivity contribution in [3.63, 3.8) is 0 Å². The molecule has 0 spiro atoms. The Bertz CT molecular complexity index is 151. The van der Waals surface area contributed by atoms with Gasteiger partial charge in [0.25, 0.3) is 0 Å². The highest BCUT2D eigenvalue weighted by atomic mass is 16.5. The van der Waals surface area contributed by atoms with Crippen molar-refractivity contribution in [1.82, 2.24) is 0 Å². The van der Waals surface area contributed by atoms with Gasteiger partial charge in [0, 0.05) is 5.57 Å². The number of carbonyl (C=O) groups excluding carboxylic acids is 1. The normalized spacial score (nSPS) is 8.77. The van der Waals surface area contributed by atoms with Crippen LogP contribution in [0.15, 0.2) is 12.2 Å². The average molecular weight is 192 g/mol. The van der Waals surface area contributed by atoms with Gasteiger partial charge in [-0.1, -0.05) is 6.58 Å². The molecule has 0 bridgehead atoms. The molecule has 0 unspecified atom stereocenters. The summed E-state index contributed by atoms with van der Waals surface area (Å²) < 4.78 is 4.27. The van der Waals surface area contributed by atoms with Crippen LogP contribution in [0.25, 0.3) is 0 Å². The second kappa shape index (κ2) is 9.18. The quantitative estimate of drug-likeness (QED) is 0.397. The molecule has 0 aromatic heterocycles. The fraction of sp³-hybridized carbons (Fsp3) is 0.625. The molecule has 0 atom stereocenters. The van der Waals surface area contributed by atoms with Crippen molar-refractivity contribution in [3.8, 4) is 0 Å². The Kier molecular flexibility index (Phi) is 10.3. The van der Waals surface area contributed by atoms with Gasteiger partial charge in [0.15, 0.2) is 0 Å². The first-order valence-corrected chi connectivity index (χ1v) is 3.63. The van der Waals surface area contributed by atoms with E-state index in [-0.39, 0.29) is 19.2 Å². The summed E-state index contributed by atoms with van der Waals surface area (Å²) in [6.45, 7) is 4.23. The number of aliphatic hydroxyl groups excluding tert-OH is 3. The summed E-state index contributed by atoms with van der Waals surface area (Å²) in [5.74, 6) is -0.347. The molecular weight excluding hydrogens is 176 g/mol. The van der Waals surface area contributed by atoms with Crippen molar-refractivity contribution in [2.24, 2.45) is 0 Å². The predicted molar refractivity (Wildman–Crippen MR) is 47.0 cm³/mol. The highest BCUT2D eigenvalue weighted by Gasteiger charge is 1.95. The maximum atomic E-state index is 10.2. The lowest BCUT2D eigenvalue weighted by atomic mass is 10.4. The average Bonchev–Trinajstić information content (AvgIpc) is 2.16. The highest BCUT2D eigenvalue weighted by molar-refractivity contribution is 5.86. The third kappa shape index (κ3) is 11.1. The number of hydrogen-bond donors (Lipinski definition) is 3. The van der Waals surface area contributed by atoms with E-state index in [0.29, 0.717) is 5.57 Å². The van der Waals surface area contributed by atoms with Gasteiger partial charge >= 0.3 is 5.97 Å². The van der Waals surface area contributed by atoms with Crippen LogP contribution in [-0.2, 0) is 9.53 Å². The third-order valence-electron chi connectivity index (χ3n) is 0.955. The van der Waals surface area contributed by atoms with Gasteiger partial charge in [0.1, 0.15) is 6.10 Å². The van der Waals surface area contributed by atoms with E-state index >= 15 is 0 Å². The van der Waals surface area contributed by atoms with Gasteiger partial charge < -0.3 is 20.1 Å². The second-order valence-electron chi connectivity index (χ2n) is 2.29. The number of rotatable bonds is 3. The van der Waals surface area contributed by atoms with Gasteiger partial charge in [-0.2, -0.15) is 0 Å². The molecule has 0 saturated heterocycles. The largest absolute Gasteiger partial charge is 0.466 e. The molecule has 13 heavy (non-hydrogen) atoms. The van der Waals surface area contributed by atoms with Crippen LogP contribution in [0, 0.1) is 0 Å². The van der Waals surface area contributed by atoms with Crippen LogP contribution in [0.3, 0.4) is 0 Å². The minimum absolute atomic E-state index is 0.347. The Balaban J connectivity index is 0. The standard InChI is InChI=1S/C5H8O2.C3H8O3/c1-4(2)5(6)7-3;4-1-3(6)2-5/h1H2,2-3H3;3-6H,1-2H2. The molecule has 0 radical (unpaired) electrons. The van der Waals surface area contributed by atoms with Crippen LogP contribution >= 0.6 is 0 Å². The molecular formula is C8H16O5. The number of carbonyl (C=O) groups is 1. The molecule has 0 fully saturated rings. The summed E-state index contributed by atoms with van der Waals surface area (Å²) in [5, 5.41) is 24.0. The lowest BCUT2D eigenvalue weighted by molar-refractivity contribution is -0.136. The fourth-order valence-electron chi connectivity index (χ4n) is 0.232.